The van der Waals surface area contributed by atoms with Gasteiger partial charge in [-0.05, 0) is 24.6 Å². The third kappa shape index (κ3) is 6.48. The number of anilines is 1. The van der Waals surface area contributed by atoms with E-state index in [1.165, 1.54) is 0 Å². The Kier molecular flexibility index (Phi) is 7.83. The molecule has 0 saturated heterocycles. The van der Waals surface area contributed by atoms with Crippen molar-refractivity contribution >= 4 is 52.3 Å². The van der Waals surface area contributed by atoms with Crippen molar-refractivity contribution in [1.29, 1.82) is 0 Å². The highest BCUT2D eigenvalue weighted by atomic mass is 35.5. The number of nitrogens with two attached hydrogens (primary N) is 1. The van der Waals surface area contributed by atoms with Crippen molar-refractivity contribution in [3.05, 3.63) is 63.6 Å². The summed E-state index contributed by atoms with van der Waals surface area (Å²) in [6.45, 7) is 0. The van der Waals surface area contributed by atoms with Gasteiger partial charge in [-0.25, -0.2) is 4.99 Å². The van der Waals surface area contributed by atoms with Gasteiger partial charge in [0.25, 0.3) is 5.91 Å². The van der Waals surface area contributed by atoms with Gasteiger partial charge in [-0.1, -0.05) is 47.5 Å². The molecule has 0 aromatic heterocycles. The highest BCUT2D eigenvalue weighted by Gasteiger charge is 2.34. The SMILES string of the molecule is NC(=O)CC(CCC(F)(F)F)C(=O)NC1N=C(c2ccc(Cl)cc2)c2cccc(Cl)c2NC1=O. The molecule has 2 atom stereocenters. The van der Waals surface area contributed by atoms with Crippen LogP contribution in [0.25, 0.3) is 0 Å². The number of aliphatic imine (C=N–C) groups is 1. The molecule has 4 N–H and O–H groups in total. The average molecular weight is 515 g/mol. The predicted molar refractivity (Wildman–Crippen MR) is 122 cm³/mol. The molecule has 7 nitrogen and oxygen atoms in total. The molecule has 2 aromatic rings. The molecular weight excluding hydrogens is 496 g/mol. The smallest absolute Gasteiger partial charge is 0.370 e. The van der Waals surface area contributed by atoms with Gasteiger partial charge in [-0.15, -0.1) is 0 Å². The number of benzodiazepines with no additional fused rings is 1. The number of amides is 3. The second kappa shape index (κ2) is 10.4. The summed E-state index contributed by atoms with van der Waals surface area (Å²) >= 11 is 12.2. The Morgan fingerprint density at radius 3 is 2.44 bits per heavy atom. The molecule has 2 aromatic carbocycles. The lowest BCUT2D eigenvalue weighted by Gasteiger charge is -2.19. The molecule has 0 bridgehead atoms. The lowest BCUT2D eigenvalue weighted by atomic mass is 9.97. The largest absolute Gasteiger partial charge is 0.389 e. The number of carbonyl (C=O) groups is 3. The number of halogens is 5. The summed E-state index contributed by atoms with van der Waals surface area (Å²) in [5.41, 5.74) is 6.67. The second-order valence-electron chi connectivity index (χ2n) is 7.57. The van der Waals surface area contributed by atoms with E-state index >= 15 is 0 Å². The number of para-hydroxylation sites is 1. The fourth-order valence-electron chi connectivity index (χ4n) is 3.39. The number of carbonyl (C=O) groups excluding carboxylic acids is 3. The van der Waals surface area contributed by atoms with Crippen molar-refractivity contribution in [3.8, 4) is 0 Å². The van der Waals surface area contributed by atoms with Crippen LogP contribution in [0, 0.1) is 5.92 Å². The first-order valence-corrected chi connectivity index (χ1v) is 10.8. The summed E-state index contributed by atoms with van der Waals surface area (Å²) in [5, 5.41) is 5.61. The fraction of sp³-hybridized carbons (Fsp3) is 0.273. The van der Waals surface area contributed by atoms with Gasteiger partial charge in [-0.3, -0.25) is 14.4 Å². The number of primary amides is 1. The zero-order chi connectivity index (χ0) is 25.0. The van der Waals surface area contributed by atoms with Gasteiger partial charge < -0.3 is 16.4 Å². The van der Waals surface area contributed by atoms with Crippen molar-refractivity contribution in [2.24, 2.45) is 16.6 Å². The molecule has 3 rings (SSSR count). The lowest BCUT2D eigenvalue weighted by Crippen LogP contribution is -2.45. The molecule has 1 heterocycles. The monoisotopic (exact) mass is 514 g/mol. The lowest BCUT2D eigenvalue weighted by molar-refractivity contribution is -0.143. The van der Waals surface area contributed by atoms with Crippen LogP contribution in [0.15, 0.2) is 47.5 Å². The maximum atomic E-state index is 12.9. The molecule has 0 aliphatic carbocycles. The van der Waals surface area contributed by atoms with Crippen molar-refractivity contribution in [2.45, 2.75) is 31.6 Å². The van der Waals surface area contributed by atoms with Gasteiger partial charge in [0.05, 0.1) is 16.4 Å². The number of nitrogens with one attached hydrogen (secondary N) is 2. The first kappa shape index (κ1) is 25.5. The van der Waals surface area contributed by atoms with Crippen LogP contribution in [0.4, 0.5) is 18.9 Å². The Morgan fingerprint density at radius 2 is 1.82 bits per heavy atom. The van der Waals surface area contributed by atoms with Gasteiger partial charge in [0.2, 0.25) is 18.0 Å². The average Bonchev–Trinajstić information content (AvgIpc) is 2.88. The van der Waals surface area contributed by atoms with Crippen LogP contribution < -0.4 is 16.4 Å². The molecule has 0 saturated carbocycles. The number of hydrogen-bond donors (Lipinski definition) is 3. The van der Waals surface area contributed by atoms with Crippen LogP contribution in [0.2, 0.25) is 10.0 Å². The standard InChI is InChI=1S/C22H19Cl2F3N4O3/c23-13-6-4-11(5-7-13)17-14-2-1-3-15(24)18(14)30-21(34)19(29-17)31-20(33)12(10-16(28)32)8-9-22(25,26)27/h1-7,12,19H,8-10H2,(H2,28,32)(H,30,34)(H,31,33). The molecule has 180 valence electrons. The summed E-state index contributed by atoms with van der Waals surface area (Å²) in [6, 6.07) is 11.4. The topological polar surface area (TPSA) is 114 Å². The fourth-order valence-corrected chi connectivity index (χ4v) is 3.74. The maximum Gasteiger partial charge on any atom is 0.389 e. The molecule has 2 unspecified atom stereocenters. The van der Waals surface area contributed by atoms with E-state index in [-0.39, 0.29) is 10.7 Å². The van der Waals surface area contributed by atoms with Gasteiger partial charge in [0.1, 0.15) is 0 Å². The van der Waals surface area contributed by atoms with E-state index in [0.717, 1.165) is 0 Å². The number of rotatable bonds is 7. The Hall–Kier alpha value is -3.11. The Morgan fingerprint density at radius 1 is 1.15 bits per heavy atom. The van der Waals surface area contributed by atoms with E-state index in [0.29, 0.717) is 21.9 Å². The molecular formula is C22H19Cl2F3N4O3. The Bertz CT molecular complexity index is 1140. The Balaban J connectivity index is 1.96. The molecule has 34 heavy (non-hydrogen) atoms. The molecule has 1 aliphatic rings. The molecule has 0 spiro atoms. The van der Waals surface area contributed by atoms with E-state index in [4.69, 9.17) is 28.9 Å². The second-order valence-corrected chi connectivity index (χ2v) is 8.41. The maximum absolute atomic E-state index is 12.9. The minimum atomic E-state index is -4.53. The first-order chi connectivity index (χ1) is 15.9. The number of benzene rings is 2. The summed E-state index contributed by atoms with van der Waals surface area (Å²) in [7, 11) is 0. The van der Waals surface area contributed by atoms with Gasteiger partial charge in [0.15, 0.2) is 0 Å². The van der Waals surface area contributed by atoms with E-state index in [2.05, 4.69) is 15.6 Å². The van der Waals surface area contributed by atoms with Crippen LogP contribution in [-0.4, -0.2) is 35.8 Å². The normalized spacial score (nSPS) is 16.6. The summed E-state index contributed by atoms with van der Waals surface area (Å²) in [5.74, 6) is -4.06. The van der Waals surface area contributed by atoms with Crippen molar-refractivity contribution < 1.29 is 27.6 Å². The first-order valence-electron chi connectivity index (χ1n) is 10.0. The van der Waals surface area contributed by atoms with Crippen LogP contribution in [0.5, 0.6) is 0 Å². The van der Waals surface area contributed by atoms with Crippen LogP contribution >= 0.6 is 23.2 Å². The van der Waals surface area contributed by atoms with Crippen molar-refractivity contribution in [3.63, 3.8) is 0 Å². The third-order valence-electron chi connectivity index (χ3n) is 5.01. The quantitative estimate of drug-likeness (QED) is 0.517. The van der Waals surface area contributed by atoms with E-state index < -0.39 is 55.2 Å². The molecule has 0 radical (unpaired) electrons. The zero-order valence-electron chi connectivity index (χ0n) is 17.5. The third-order valence-corrected chi connectivity index (χ3v) is 5.58. The molecule has 3 amide bonds. The highest BCUT2D eigenvalue weighted by molar-refractivity contribution is 6.36. The van der Waals surface area contributed by atoms with Crippen molar-refractivity contribution in [1.82, 2.24) is 5.32 Å². The number of nitrogens with zero attached hydrogens (tertiary/aromatic N) is 1. The van der Waals surface area contributed by atoms with Gasteiger partial charge >= 0.3 is 6.18 Å². The molecule has 0 fully saturated rings. The number of fused-ring (bicyclic) bond motifs is 1. The van der Waals surface area contributed by atoms with Crippen LogP contribution in [-0.2, 0) is 14.4 Å². The minimum Gasteiger partial charge on any atom is -0.370 e. The summed E-state index contributed by atoms with van der Waals surface area (Å²) in [4.78, 5) is 41.4. The Labute approximate surface area is 202 Å². The van der Waals surface area contributed by atoms with E-state index in [9.17, 15) is 27.6 Å². The molecule has 1 aliphatic heterocycles. The number of hydrogen-bond acceptors (Lipinski definition) is 4. The number of alkyl halides is 3. The van der Waals surface area contributed by atoms with Gasteiger partial charge in [0, 0.05) is 34.9 Å². The molecule has 12 heteroatoms. The minimum absolute atomic E-state index is 0.219. The highest BCUT2D eigenvalue weighted by Crippen LogP contribution is 2.31. The summed E-state index contributed by atoms with van der Waals surface area (Å²) in [6.07, 6.45) is -8.63. The van der Waals surface area contributed by atoms with Crippen LogP contribution in [0.1, 0.15) is 30.4 Å². The zero-order valence-corrected chi connectivity index (χ0v) is 19.0. The van der Waals surface area contributed by atoms with E-state index in [1.54, 1.807) is 42.5 Å². The van der Waals surface area contributed by atoms with Gasteiger partial charge in [-0.2, -0.15) is 13.2 Å². The summed E-state index contributed by atoms with van der Waals surface area (Å²) < 4.78 is 38.1. The predicted octanol–water partition coefficient (Wildman–Crippen LogP) is 4.06. The van der Waals surface area contributed by atoms with E-state index in [1.807, 2.05) is 0 Å². The van der Waals surface area contributed by atoms with Crippen LogP contribution in [0.3, 0.4) is 0 Å². The van der Waals surface area contributed by atoms with Crippen molar-refractivity contribution in [2.75, 3.05) is 5.32 Å².